The molecule has 5 heteroatoms. The third kappa shape index (κ3) is 4.29. The van der Waals surface area contributed by atoms with Gasteiger partial charge >= 0.3 is 0 Å². The minimum absolute atomic E-state index is 0.00977. The summed E-state index contributed by atoms with van der Waals surface area (Å²) in [5.74, 6) is -0.215. The minimum atomic E-state index is -0.324. The summed E-state index contributed by atoms with van der Waals surface area (Å²) in [4.78, 5) is 28.0. The Morgan fingerprint density at radius 1 is 1.14 bits per heavy atom. The molecule has 1 saturated heterocycles. The van der Waals surface area contributed by atoms with Crippen LogP contribution in [-0.4, -0.2) is 47.8 Å². The molecule has 120 valence electrons. The van der Waals surface area contributed by atoms with E-state index >= 15 is 0 Å². The second kappa shape index (κ2) is 7.38. The van der Waals surface area contributed by atoms with E-state index in [1.54, 1.807) is 17.0 Å². The molecule has 1 aromatic rings. The van der Waals surface area contributed by atoms with Gasteiger partial charge in [0.2, 0.25) is 11.8 Å². The van der Waals surface area contributed by atoms with Crippen LogP contribution >= 0.6 is 0 Å². The van der Waals surface area contributed by atoms with Gasteiger partial charge in [0, 0.05) is 32.1 Å². The van der Waals surface area contributed by atoms with Gasteiger partial charge in [0.25, 0.3) is 0 Å². The zero-order chi connectivity index (χ0) is 16.1. The Labute approximate surface area is 130 Å². The van der Waals surface area contributed by atoms with Gasteiger partial charge in [-0.05, 0) is 24.1 Å². The van der Waals surface area contributed by atoms with Gasteiger partial charge in [-0.1, -0.05) is 26.0 Å². The molecule has 0 atom stereocenters. The number of halogens is 1. The lowest BCUT2D eigenvalue weighted by molar-refractivity contribution is -0.135. The van der Waals surface area contributed by atoms with Crippen LogP contribution in [-0.2, 0) is 16.0 Å². The number of benzene rings is 1. The summed E-state index contributed by atoms with van der Waals surface area (Å²) in [6.07, 6.45) is 0.989. The molecule has 1 aliphatic heterocycles. The van der Waals surface area contributed by atoms with E-state index in [0.29, 0.717) is 31.7 Å². The summed E-state index contributed by atoms with van der Waals surface area (Å²) in [6, 6.07) is 6.14. The highest BCUT2D eigenvalue weighted by molar-refractivity contribution is 5.80. The van der Waals surface area contributed by atoms with E-state index in [9.17, 15) is 14.0 Å². The number of carbonyl (C=O) groups is 2. The normalized spacial score (nSPS) is 15.8. The molecule has 0 bridgehead atoms. The number of amides is 2. The number of nitrogens with zero attached hydrogens (tertiary/aromatic N) is 2. The van der Waals surface area contributed by atoms with Gasteiger partial charge < -0.3 is 9.80 Å². The van der Waals surface area contributed by atoms with E-state index in [2.05, 4.69) is 0 Å². The molecule has 2 amide bonds. The maximum absolute atomic E-state index is 13.2. The first-order valence-electron chi connectivity index (χ1n) is 7.78. The van der Waals surface area contributed by atoms with Crippen molar-refractivity contribution in [2.45, 2.75) is 26.7 Å². The van der Waals surface area contributed by atoms with E-state index in [4.69, 9.17) is 0 Å². The molecule has 1 fully saturated rings. The topological polar surface area (TPSA) is 40.6 Å². The maximum atomic E-state index is 13.2. The Bertz CT molecular complexity index is 545. The number of hydrogen-bond acceptors (Lipinski definition) is 2. The third-order valence-corrected chi connectivity index (χ3v) is 3.90. The highest BCUT2D eigenvalue weighted by atomic mass is 19.1. The first kappa shape index (κ1) is 16.5. The number of hydrogen-bond donors (Lipinski definition) is 0. The molecule has 0 N–H and O–H groups in total. The molecular formula is C17H23FN2O2. The smallest absolute Gasteiger partial charge is 0.227 e. The molecule has 22 heavy (non-hydrogen) atoms. The zero-order valence-corrected chi connectivity index (χ0v) is 13.2. The third-order valence-electron chi connectivity index (χ3n) is 3.90. The Balaban J connectivity index is 1.93. The van der Waals surface area contributed by atoms with E-state index in [1.807, 2.05) is 18.7 Å². The molecule has 1 aromatic carbocycles. The van der Waals surface area contributed by atoms with Crippen molar-refractivity contribution in [2.24, 2.45) is 5.92 Å². The highest BCUT2D eigenvalue weighted by Gasteiger charge is 2.23. The molecular weight excluding hydrogens is 283 g/mol. The first-order valence-corrected chi connectivity index (χ1v) is 7.78. The Morgan fingerprint density at radius 2 is 1.82 bits per heavy atom. The Hall–Kier alpha value is -1.91. The molecule has 0 radical (unpaired) electrons. The molecule has 0 saturated carbocycles. The van der Waals surface area contributed by atoms with E-state index in [0.717, 1.165) is 6.42 Å². The van der Waals surface area contributed by atoms with Crippen molar-refractivity contribution < 1.29 is 14.0 Å². The summed E-state index contributed by atoms with van der Waals surface area (Å²) < 4.78 is 13.2. The van der Waals surface area contributed by atoms with Crippen molar-refractivity contribution in [1.82, 2.24) is 9.80 Å². The lowest BCUT2D eigenvalue weighted by Gasteiger charge is -2.23. The minimum Gasteiger partial charge on any atom is -0.341 e. The Morgan fingerprint density at radius 3 is 2.50 bits per heavy atom. The molecule has 0 aromatic heterocycles. The molecule has 1 aliphatic rings. The van der Waals surface area contributed by atoms with Gasteiger partial charge in [-0.25, -0.2) is 4.39 Å². The van der Waals surface area contributed by atoms with Crippen LogP contribution in [0.2, 0.25) is 0 Å². The molecule has 0 spiro atoms. The molecule has 2 rings (SSSR count). The molecule has 0 unspecified atom stereocenters. The monoisotopic (exact) mass is 306 g/mol. The van der Waals surface area contributed by atoms with E-state index in [-0.39, 0.29) is 30.0 Å². The fourth-order valence-corrected chi connectivity index (χ4v) is 2.69. The fourth-order valence-electron chi connectivity index (χ4n) is 2.69. The van der Waals surface area contributed by atoms with Gasteiger partial charge in [0.15, 0.2) is 0 Å². The van der Waals surface area contributed by atoms with Crippen molar-refractivity contribution in [3.05, 3.63) is 35.6 Å². The van der Waals surface area contributed by atoms with Crippen LogP contribution < -0.4 is 0 Å². The zero-order valence-electron chi connectivity index (χ0n) is 13.2. The van der Waals surface area contributed by atoms with Gasteiger partial charge in [0.1, 0.15) is 5.82 Å². The van der Waals surface area contributed by atoms with Crippen molar-refractivity contribution in [3.8, 4) is 0 Å². The van der Waals surface area contributed by atoms with E-state index < -0.39 is 0 Å². The standard InChI is InChI=1S/C17H23FN2O2/c1-13(2)17(22)20-8-4-7-19(9-10-20)16(21)12-14-5-3-6-15(18)11-14/h3,5-6,11,13H,4,7-10,12H2,1-2H3. The summed E-state index contributed by atoms with van der Waals surface area (Å²) >= 11 is 0. The number of rotatable bonds is 3. The quantitative estimate of drug-likeness (QED) is 0.858. The first-order chi connectivity index (χ1) is 10.5. The second-order valence-electron chi connectivity index (χ2n) is 6.02. The van der Waals surface area contributed by atoms with Gasteiger partial charge in [-0.3, -0.25) is 9.59 Å². The number of carbonyl (C=O) groups excluding carboxylic acids is 2. The summed E-state index contributed by atoms with van der Waals surface area (Å²) in [6.45, 7) is 6.25. The van der Waals surface area contributed by atoms with Crippen LogP contribution in [0.25, 0.3) is 0 Å². The van der Waals surface area contributed by atoms with Crippen LogP contribution in [0, 0.1) is 11.7 Å². The van der Waals surface area contributed by atoms with Gasteiger partial charge in [-0.15, -0.1) is 0 Å². The van der Waals surface area contributed by atoms with Crippen LogP contribution in [0.15, 0.2) is 24.3 Å². The Kier molecular flexibility index (Phi) is 5.52. The predicted octanol–water partition coefficient (Wildman–Crippen LogP) is 2.09. The predicted molar refractivity (Wildman–Crippen MR) is 82.7 cm³/mol. The fraction of sp³-hybridized carbons (Fsp3) is 0.529. The van der Waals surface area contributed by atoms with Crippen LogP contribution in [0.5, 0.6) is 0 Å². The summed E-state index contributed by atoms with van der Waals surface area (Å²) in [7, 11) is 0. The summed E-state index contributed by atoms with van der Waals surface area (Å²) in [5.41, 5.74) is 0.685. The average molecular weight is 306 g/mol. The van der Waals surface area contributed by atoms with Crippen molar-refractivity contribution >= 4 is 11.8 Å². The maximum Gasteiger partial charge on any atom is 0.227 e. The van der Waals surface area contributed by atoms with Crippen LogP contribution in [0.3, 0.4) is 0 Å². The van der Waals surface area contributed by atoms with Crippen molar-refractivity contribution in [3.63, 3.8) is 0 Å². The SMILES string of the molecule is CC(C)C(=O)N1CCCN(C(=O)Cc2cccc(F)c2)CC1. The van der Waals surface area contributed by atoms with E-state index in [1.165, 1.54) is 12.1 Å². The van der Waals surface area contributed by atoms with Crippen LogP contribution in [0.1, 0.15) is 25.8 Å². The van der Waals surface area contributed by atoms with Crippen LogP contribution in [0.4, 0.5) is 4.39 Å². The average Bonchev–Trinajstić information content (AvgIpc) is 2.72. The molecule has 1 heterocycles. The lowest BCUT2D eigenvalue weighted by atomic mass is 10.1. The largest absolute Gasteiger partial charge is 0.341 e. The lowest BCUT2D eigenvalue weighted by Crippen LogP contribution is -2.39. The van der Waals surface area contributed by atoms with Crippen molar-refractivity contribution in [1.29, 1.82) is 0 Å². The summed E-state index contributed by atoms with van der Waals surface area (Å²) in [5, 5.41) is 0. The molecule has 0 aliphatic carbocycles. The van der Waals surface area contributed by atoms with Gasteiger partial charge in [-0.2, -0.15) is 0 Å². The van der Waals surface area contributed by atoms with Gasteiger partial charge in [0.05, 0.1) is 6.42 Å². The second-order valence-corrected chi connectivity index (χ2v) is 6.02. The van der Waals surface area contributed by atoms with Crippen molar-refractivity contribution in [2.75, 3.05) is 26.2 Å². The molecule has 4 nitrogen and oxygen atoms in total. The highest BCUT2D eigenvalue weighted by Crippen LogP contribution is 2.11.